The number of carboxylic acids is 1. The zero-order chi connectivity index (χ0) is 18.3. The van der Waals surface area contributed by atoms with Gasteiger partial charge in [-0.05, 0) is 25.0 Å². The zero-order valence-electron chi connectivity index (χ0n) is 15.7. The lowest BCUT2D eigenvalue weighted by Crippen LogP contribution is -2.03. The van der Waals surface area contributed by atoms with Crippen LogP contribution < -0.4 is 0 Å². The Hall–Kier alpha value is -0.740. The SMILES string of the molecule is CCCCCCCCCCCCCCc1ccc(C(=S)CC(=O)O)s1. The minimum Gasteiger partial charge on any atom is -0.481 e. The molecule has 0 amide bonds. The van der Waals surface area contributed by atoms with Crippen molar-refractivity contribution >= 4 is 34.4 Å². The number of rotatable bonds is 16. The van der Waals surface area contributed by atoms with Crippen LogP contribution in [-0.2, 0) is 11.2 Å². The lowest BCUT2D eigenvalue weighted by atomic mass is 10.0. The molecule has 4 heteroatoms. The Kier molecular flexibility index (Phi) is 12.9. The van der Waals surface area contributed by atoms with E-state index in [2.05, 4.69) is 13.0 Å². The van der Waals surface area contributed by atoms with Gasteiger partial charge in [-0.25, -0.2) is 0 Å². The molecular weight excluding hydrogens is 348 g/mol. The van der Waals surface area contributed by atoms with Crippen LogP contribution in [-0.4, -0.2) is 15.9 Å². The van der Waals surface area contributed by atoms with Gasteiger partial charge in [-0.1, -0.05) is 89.8 Å². The summed E-state index contributed by atoms with van der Waals surface area (Å²) in [6, 6.07) is 4.08. The lowest BCUT2D eigenvalue weighted by molar-refractivity contribution is -0.135. The van der Waals surface area contributed by atoms with Crippen molar-refractivity contribution in [3.05, 3.63) is 21.9 Å². The van der Waals surface area contributed by atoms with Crippen LogP contribution in [0.1, 0.15) is 100 Å². The highest BCUT2D eigenvalue weighted by atomic mass is 32.1. The number of aryl methyl sites for hydroxylation is 1. The fraction of sp³-hybridized carbons (Fsp3) is 0.714. The summed E-state index contributed by atoms with van der Waals surface area (Å²) in [5.74, 6) is -0.846. The predicted octanol–water partition coefficient (Wildman–Crippen LogP) is 7.18. The molecule has 1 aromatic heterocycles. The van der Waals surface area contributed by atoms with Crippen LogP contribution in [0.5, 0.6) is 0 Å². The second kappa shape index (κ2) is 14.4. The summed E-state index contributed by atoms with van der Waals surface area (Å²) in [5.41, 5.74) is 0. The quantitative estimate of drug-likeness (QED) is 0.187. The molecule has 25 heavy (non-hydrogen) atoms. The molecule has 1 N–H and O–H groups in total. The second-order valence-corrected chi connectivity index (χ2v) is 8.56. The largest absolute Gasteiger partial charge is 0.481 e. The molecule has 0 unspecified atom stereocenters. The number of aliphatic carboxylic acids is 1. The van der Waals surface area contributed by atoms with Gasteiger partial charge < -0.3 is 5.11 Å². The molecule has 142 valence electrons. The maximum Gasteiger partial charge on any atom is 0.308 e. The van der Waals surface area contributed by atoms with Gasteiger partial charge in [-0.15, -0.1) is 11.3 Å². The Balaban J connectivity index is 1.97. The van der Waals surface area contributed by atoms with Crippen LogP contribution >= 0.6 is 23.6 Å². The first-order valence-corrected chi connectivity index (χ1v) is 11.2. The van der Waals surface area contributed by atoms with Gasteiger partial charge in [0.25, 0.3) is 0 Å². The van der Waals surface area contributed by atoms with Crippen molar-refractivity contribution in [2.24, 2.45) is 0 Å². The molecule has 0 atom stereocenters. The molecule has 0 saturated carbocycles. The molecule has 0 bridgehead atoms. The Bertz CT molecular complexity index is 494. The van der Waals surface area contributed by atoms with Crippen LogP contribution in [0.25, 0.3) is 0 Å². The van der Waals surface area contributed by atoms with E-state index in [-0.39, 0.29) is 6.42 Å². The number of unbranched alkanes of at least 4 members (excludes halogenated alkanes) is 11. The molecule has 0 saturated heterocycles. The standard InChI is InChI=1S/C21H34O2S2/c1-2-3-4-5-6-7-8-9-10-11-12-13-14-18-15-16-20(25-18)19(24)17-21(22)23/h15-16H,2-14,17H2,1H3,(H,22,23). The maximum atomic E-state index is 10.7. The Morgan fingerprint density at radius 1 is 0.920 bits per heavy atom. The highest BCUT2D eigenvalue weighted by Gasteiger charge is 2.09. The van der Waals surface area contributed by atoms with Crippen molar-refractivity contribution in [2.45, 2.75) is 96.8 Å². The van der Waals surface area contributed by atoms with Crippen molar-refractivity contribution in [1.29, 1.82) is 0 Å². The van der Waals surface area contributed by atoms with Crippen molar-refractivity contribution in [3.63, 3.8) is 0 Å². The molecule has 1 rings (SSSR count). The maximum absolute atomic E-state index is 10.7. The van der Waals surface area contributed by atoms with Crippen LogP contribution in [0.15, 0.2) is 12.1 Å². The minimum atomic E-state index is -0.846. The van der Waals surface area contributed by atoms with Crippen molar-refractivity contribution < 1.29 is 9.90 Å². The molecule has 0 aliphatic heterocycles. The van der Waals surface area contributed by atoms with Gasteiger partial charge in [0.05, 0.1) is 6.42 Å². The van der Waals surface area contributed by atoms with Crippen molar-refractivity contribution in [1.82, 2.24) is 0 Å². The molecule has 0 aliphatic rings. The van der Waals surface area contributed by atoms with E-state index < -0.39 is 5.97 Å². The molecule has 2 nitrogen and oxygen atoms in total. The van der Waals surface area contributed by atoms with Gasteiger partial charge >= 0.3 is 5.97 Å². The number of hydrogen-bond acceptors (Lipinski definition) is 3. The van der Waals surface area contributed by atoms with Gasteiger partial charge in [0, 0.05) is 14.6 Å². The minimum absolute atomic E-state index is 0.0338. The van der Waals surface area contributed by atoms with E-state index in [9.17, 15) is 4.79 Å². The third kappa shape index (κ3) is 11.5. The van der Waals surface area contributed by atoms with E-state index >= 15 is 0 Å². The highest BCUT2D eigenvalue weighted by molar-refractivity contribution is 7.81. The van der Waals surface area contributed by atoms with Gasteiger partial charge in [0.1, 0.15) is 0 Å². The summed E-state index contributed by atoms with van der Waals surface area (Å²) in [6.45, 7) is 2.27. The summed E-state index contributed by atoms with van der Waals surface area (Å²) in [7, 11) is 0. The monoisotopic (exact) mass is 382 g/mol. The third-order valence-electron chi connectivity index (χ3n) is 4.52. The molecule has 1 heterocycles. The smallest absolute Gasteiger partial charge is 0.308 e. The average Bonchev–Trinajstić information content (AvgIpc) is 3.04. The predicted molar refractivity (Wildman–Crippen MR) is 113 cm³/mol. The normalized spacial score (nSPS) is 10.9. The highest BCUT2D eigenvalue weighted by Crippen LogP contribution is 2.21. The van der Waals surface area contributed by atoms with E-state index in [1.165, 1.54) is 81.9 Å². The molecule has 0 radical (unpaired) electrons. The van der Waals surface area contributed by atoms with Crippen molar-refractivity contribution in [2.75, 3.05) is 0 Å². The molecule has 0 aliphatic carbocycles. The first-order valence-electron chi connectivity index (χ1n) is 9.97. The first kappa shape index (κ1) is 22.3. The van der Waals surface area contributed by atoms with Gasteiger partial charge in [0.15, 0.2) is 0 Å². The Labute approximate surface area is 163 Å². The second-order valence-electron chi connectivity index (χ2n) is 6.90. The zero-order valence-corrected chi connectivity index (χ0v) is 17.4. The number of carbonyl (C=O) groups is 1. The van der Waals surface area contributed by atoms with E-state index in [4.69, 9.17) is 17.3 Å². The fourth-order valence-corrected chi connectivity index (χ4v) is 4.33. The summed E-state index contributed by atoms with van der Waals surface area (Å²) in [5, 5.41) is 8.80. The van der Waals surface area contributed by atoms with Gasteiger partial charge in [-0.3, -0.25) is 4.79 Å². The molecule has 0 aromatic carbocycles. The topological polar surface area (TPSA) is 37.3 Å². The van der Waals surface area contributed by atoms with E-state index in [1.807, 2.05) is 6.07 Å². The molecule has 0 spiro atoms. The van der Waals surface area contributed by atoms with Crippen LogP contribution in [0, 0.1) is 0 Å². The van der Waals surface area contributed by atoms with Gasteiger partial charge in [-0.2, -0.15) is 0 Å². The van der Waals surface area contributed by atoms with E-state index in [1.54, 1.807) is 11.3 Å². The first-order chi connectivity index (χ1) is 12.1. The summed E-state index contributed by atoms with van der Waals surface area (Å²) < 4.78 is 0. The average molecular weight is 383 g/mol. The Morgan fingerprint density at radius 2 is 1.44 bits per heavy atom. The fourth-order valence-electron chi connectivity index (χ4n) is 3.03. The van der Waals surface area contributed by atoms with E-state index in [0.29, 0.717) is 4.86 Å². The van der Waals surface area contributed by atoms with Crippen LogP contribution in [0.4, 0.5) is 0 Å². The summed E-state index contributed by atoms with van der Waals surface area (Å²) in [6.07, 6.45) is 17.5. The number of hydrogen-bond donors (Lipinski definition) is 1. The Morgan fingerprint density at radius 3 is 1.96 bits per heavy atom. The number of thiophene rings is 1. The van der Waals surface area contributed by atoms with Crippen LogP contribution in [0.3, 0.4) is 0 Å². The molecule has 1 aromatic rings. The van der Waals surface area contributed by atoms with Crippen molar-refractivity contribution in [3.8, 4) is 0 Å². The summed E-state index contributed by atoms with van der Waals surface area (Å²) in [4.78, 5) is 13.5. The number of carboxylic acid groups (broad SMARTS) is 1. The molecule has 0 fully saturated rings. The van der Waals surface area contributed by atoms with Crippen LogP contribution in [0.2, 0.25) is 0 Å². The van der Waals surface area contributed by atoms with Gasteiger partial charge in [0.2, 0.25) is 0 Å². The third-order valence-corrected chi connectivity index (χ3v) is 6.22. The summed E-state index contributed by atoms with van der Waals surface area (Å²) >= 11 is 6.84. The molecular formula is C21H34O2S2. The van der Waals surface area contributed by atoms with E-state index in [0.717, 1.165) is 11.3 Å². The lowest BCUT2D eigenvalue weighted by Gasteiger charge is -2.02. The number of thiocarbonyl (C=S) groups is 1.